The van der Waals surface area contributed by atoms with Crippen LogP contribution in [0.15, 0.2) is 12.1 Å². The average Bonchev–Trinajstić information content (AvgIpc) is 2.62. The SMILES string of the molecule is Cc1ccc(C2(O)CCOC2C)s1. The van der Waals surface area contributed by atoms with Crippen LogP contribution in [0.25, 0.3) is 0 Å². The molecule has 72 valence electrons. The third-order valence-corrected chi connectivity index (χ3v) is 3.86. The van der Waals surface area contributed by atoms with Crippen molar-refractivity contribution in [2.24, 2.45) is 0 Å². The van der Waals surface area contributed by atoms with Gasteiger partial charge in [0.2, 0.25) is 0 Å². The second-order valence-electron chi connectivity index (χ2n) is 3.60. The van der Waals surface area contributed by atoms with E-state index in [4.69, 9.17) is 4.74 Å². The van der Waals surface area contributed by atoms with Crippen molar-refractivity contribution >= 4 is 11.3 Å². The van der Waals surface area contributed by atoms with Gasteiger partial charge < -0.3 is 9.84 Å². The minimum absolute atomic E-state index is 0.0782. The molecule has 0 spiro atoms. The molecule has 1 aromatic rings. The molecule has 0 bridgehead atoms. The molecule has 0 aliphatic carbocycles. The summed E-state index contributed by atoms with van der Waals surface area (Å²) in [6.45, 7) is 4.65. The Balaban J connectivity index is 2.33. The van der Waals surface area contributed by atoms with Crippen molar-refractivity contribution in [3.63, 3.8) is 0 Å². The van der Waals surface area contributed by atoms with Crippen LogP contribution in [-0.2, 0) is 10.3 Å². The predicted octanol–water partition coefficient (Wildman–Crippen LogP) is 2.05. The Bertz CT molecular complexity index is 308. The van der Waals surface area contributed by atoms with Crippen molar-refractivity contribution in [3.8, 4) is 0 Å². The first-order valence-electron chi connectivity index (χ1n) is 4.54. The van der Waals surface area contributed by atoms with Gasteiger partial charge in [0.1, 0.15) is 5.60 Å². The maximum Gasteiger partial charge on any atom is 0.127 e. The first-order valence-corrected chi connectivity index (χ1v) is 5.35. The molecule has 1 saturated heterocycles. The lowest BCUT2D eigenvalue weighted by atomic mass is 9.95. The van der Waals surface area contributed by atoms with Gasteiger partial charge in [-0.05, 0) is 26.0 Å². The topological polar surface area (TPSA) is 29.5 Å². The van der Waals surface area contributed by atoms with E-state index in [-0.39, 0.29) is 6.10 Å². The van der Waals surface area contributed by atoms with Crippen molar-refractivity contribution in [1.29, 1.82) is 0 Å². The number of aliphatic hydroxyl groups is 1. The number of thiophene rings is 1. The second-order valence-corrected chi connectivity index (χ2v) is 4.89. The molecule has 2 unspecified atom stereocenters. The van der Waals surface area contributed by atoms with E-state index in [0.717, 1.165) is 4.88 Å². The number of aryl methyl sites for hydroxylation is 1. The molecule has 0 radical (unpaired) electrons. The normalized spacial score (nSPS) is 33.9. The van der Waals surface area contributed by atoms with Gasteiger partial charge in [-0.1, -0.05) is 0 Å². The van der Waals surface area contributed by atoms with Crippen molar-refractivity contribution in [2.75, 3.05) is 6.61 Å². The molecular formula is C10H14O2S. The summed E-state index contributed by atoms with van der Waals surface area (Å²) in [6, 6.07) is 4.05. The Labute approximate surface area is 82.2 Å². The van der Waals surface area contributed by atoms with Crippen LogP contribution in [0.4, 0.5) is 0 Å². The maximum absolute atomic E-state index is 10.3. The fraction of sp³-hybridized carbons (Fsp3) is 0.600. The molecule has 2 rings (SSSR count). The molecule has 2 nitrogen and oxygen atoms in total. The lowest BCUT2D eigenvalue weighted by molar-refractivity contribution is -0.0290. The van der Waals surface area contributed by atoms with E-state index in [1.807, 2.05) is 19.1 Å². The summed E-state index contributed by atoms with van der Waals surface area (Å²) < 4.78 is 5.39. The van der Waals surface area contributed by atoms with Crippen LogP contribution in [0.3, 0.4) is 0 Å². The molecule has 0 saturated carbocycles. The second kappa shape index (κ2) is 3.08. The summed E-state index contributed by atoms with van der Waals surface area (Å²) in [5.41, 5.74) is -0.737. The monoisotopic (exact) mass is 198 g/mol. The van der Waals surface area contributed by atoms with Crippen molar-refractivity contribution in [2.45, 2.75) is 32.0 Å². The van der Waals surface area contributed by atoms with E-state index in [9.17, 15) is 5.11 Å². The minimum atomic E-state index is -0.737. The van der Waals surface area contributed by atoms with Crippen LogP contribution < -0.4 is 0 Å². The van der Waals surface area contributed by atoms with Crippen LogP contribution in [-0.4, -0.2) is 17.8 Å². The van der Waals surface area contributed by atoms with E-state index in [2.05, 4.69) is 6.92 Å². The number of hydrogen-bond donors (Lipinski definition) is 1. The van der Waals surface area contributed by atoms with Gasteiger partial charge in [0, 0.05) is 16.2 Å². The van der Waals surface area contributed by atoms with Crippen LogP contribution in [0.1, 0.15) is 23.1 Å². The Hall–Kier alpha value is -0.380. The van der Waals surface area contributed by atoms with E-state index < -0.39 is 5.60 Å². The van der Waals surface area contributed by atoms with E-state index in [1.54, 1.807) is 11.3 Å². The van der Waals surface area contributed by atoms with E-state index >= 15 is 0 Å². The third-order valence-electron chi connectivity index (χ3n) is 2.69. The highest BCUT2D eigenvalue weighted by molar-refractivity contribution is 7.12. The van der Waals surface area contributed by atoms with Gasteiger partial charge in [-0.15, -0.1) is 11.3 Å². The first kappa shape index (κ1) is 9.19. The Morgan fingerprint density at radius 1 is 1.62 bits per heavy atom. The Morgan fingerprint density at radius 3 is 2.85 bits per heavy atom. The number of rotatable bonds is 1. The zero-order chi connectivity index (χ0) is 9.47. The Kier molecular flexibility index (Phi) is 2.18. The molecule has 2 atom stereocenters. The molecular weight excluding hydrogens is 184 g/mol. The van der Waals surface area contributed by atoms with Crippen molar-refractivity contribution in [1.82, 2.24) is 0 Å². The summed E-state index contributed by atoms with van der Waals surface area (Å²) in [7, 11) is 0. The molecule has 1 fully saturated rings. The largest absolute Gasteiger partial charge is 0.382 e. The smallest absolute Gasteiger partial charge is 0.127 e. The third kappa shape index (κ3) is 1.41. The van der Waals surface area contributed by atoms with Gasteiger partial charge in [-0.25, -0.2) is 0 Å². The molecule has 13 heavy (non-hydrogen) atoms. The summed E-state index contributed by atoms with van der Waals surface area (Å²) in [5, 5.41) is 10.3. The zero-order valence-corrected chi connectivity index (χ0v) is 8.73. The summed E-state index contributed by atoms with van der Waals surface area (Å²) >= 11 is 1.66. The molecule has 0 amide bonds. The fourth-order valence-electron chi connectivity index (χ4n) is 1.72. The maximum atomic E-state index is 10.3. The standard InChI is InChI=1S/C10H14O2S/c1-7-3-4-9(13-7)10(11)5-6-12-8(10)2/h3-4,8,11H,5-6H2,1-2H3. The van der Waals surface area contributed by atoms with Crippen LogP contribution in [0.2, 0.25) is 0 Å². The molecule has 2 heterocycles. The van der Waals surface area contributed by atoms with Gasteiger partial charge in [-0.3, -0.25) is 0 Å². The fourth-order valence-corrected chi connectivity index (χ4v) is 2.79. The lowest BCUT2D eigenvalue weighted by Gasteiger charge is -2.24. The minimum Gasteiger partial charge on any atom is -0.382 e. The highest BCUT2D eigenvalue weighted by Crippen LogP contribution is 2.38. The van der Waals surface area contributed by atoms with Crippen LogP contribution in [0.5, 0.6) is 0 Å². The first-order chi connectivity index (χ1) is 6.13. The molecule has 1 aliphatic rings. The number of hydrogen-bond acceptors (Lipinski definition) is 3. The van der Waals surface area contributed by atoms with Crippen molar-refractivity contribution < 1.29 is 9.84 Å². The molecule has 1 aliphatic heterocycles. The van der Waals surface area contributed by atoms with Gasteiger partial charge >= 0.3 is 0 Å². The van der Waals surface area contributed by atoms with Crippen molar-refractivity contribution in [3.05, 3.63) is 21.9 Å². The van der Waals surface area contributed by atoms with Crippen LogP contribution in [0, 0.1) is 6.92 Å². The number of ether oxygens (including phenoxy) is 1. The Morgan fingerprint density at radius 2 is 2.38 bits per heavy atom. The van der Waals surface area contributed by atoms with Gasteiger partial charge in [-0.2, -0.15) is 0 Å². The van der Waals surface area contributed by atoms with Gasteiger partial charge in [0.15, 0.2) is 0 Å². The van der Waals surface area contributed by atoms with E-state index in [0.29, 0.717) is 13.0 Å². The predicted molar refractivity (Wildman–Crippen MR) is 53.0 cm³/mol. The highest BCUT2D eigenvalue weighted by Gasteiger charge is 2.42. The molecule has 3 heteroatoms. The highest BCUT2D eigenvalue weighted by atomic mass is 32.1. The molecule has 0 aromatic carbocycles. The molecule has 1 aromatic heterocycles. The average molecular weight is 198 g/mol. The van der Waals surface area contributed by atoms with E-state index in [1.165, 1.54) is 4.88 Å². The van der Waals surface area contributed by atoms with Gasteiger partial charge in [0.05, 0.1) is 12.7 Å². The lowest BCUT2D eigenvalue weighted by Crippen LogP contribution is -2.31. The zero-order valence-electron chi connectivity index (χ0n) is 7.91. The summed E-state index contributed by atoms with van der Waals surface area (Å²) in [4.78, 5) is 2.28. The van der Waals surface area contributed by atoms with Crippen LogP contribution >= 0.6 is 11.3 Å². The quantitative estimate of drug-likeness (QED) is 0.748. The molecule has 1 N–H and O–H groups in total. The summed E-state index contributed by atoms with van der Waals surface area (Å²) in [6.07, 6.45) is 0.638. The van der Waals surface area contributed by atoms with Gasteiger partial charge in [0.25, 0.3) is 0 Å². The summed E-state index contributed by atoms with van der Waals surface area (Å²) in [5.74, 6) is 0.